The van der Waals surface area contributed by atoms with Crippen LogP contribution in [0.25, 0.3) is 21.3 Å². The van der Waals surface area contributed by atoms with Crippen molar-refractivity contribution in [3.63, 3.8) is 0 Å². The second-order valence-corrected chi connectivity index (χ2v) is 8.44. The fourth-order valence-corrected chi connectivity index (χ4v) is 4.98. The molecular weight excluding hydrogens is 330 g/mol. The highest BCUT2D eigenvalue weighted by Crippen LogP contribution is 2.31. The largest absolute Gasteiger partial charge is 0.320 e. The highest BCUT2D eigenvalue weighted by Gasteiger charge is 2.32. The van der Waals surface area contributed by atoms with Crippen molar-refractivity contribution in [1.82, 2.24) is 9.97 Å². The normalized spacial score (nSPS) is 15.9. The Kier molecular flexibility index (Phi) is 4.21. The number of fused-ring (bicyclic) bond motifs is 1. The third-order valence-corrected chi connectivity index (χ3v) is 6.32. The lowest BCUT2D eigenvalue weighted by Gasteiger charge is -2.35. The van der Waals surface area contributed by atoms with E-state index in [0.29, 0.717) is 11.4 Å². The lowest BCUT2D eigenvalue weighted by atomic mass is 10.1. The Bertz CT molecular complexity index is 936. The molecule has 1 aliphatic carbocycles. The predicted molar refractivity (Wildman–Crippen MR) is 104 cm³/mol. The molecule has 2 heterocycles. The third kappa shape index (κ3) is 3.14. The van der Waals surface area contributed by atoms with E-state index in [9.17, 15) is 4.79 Å². The first-order valence-corrected chi connectivity index (χ1v) is 9.81. The summed E-state index contributed by atoms with van der Waals surface area (Å²) in [5.74, 6) is 0.802. The van der Waals surface area contributed by atoms with Crippen LogP contribution in [0.15, 0.2) is 40.5 Å². The quantitative estimate of drug-likeness (QED) is 0.715. The van der Waals surface area contributed by atoms with E-state index in [-0.39, 0.29) is 5.56 Å². The van der Waals surface area contributed by atoms with Gasteiger partial charge in [0.05, 0.1) is 25.5 Å². The summed E-state index contributed by atoms with van der Waals surface area (Å²) < 4.78 is 0.894. The van der Waals surface area contributed by atoms with E-state index in [1.54, 1.807) is 11.3 Å². The van der Waals surface area contributed by atoms with Crippen LogP contribution in [-0.2, 0) is 6.54 Å². The maximum absolute atomic E-state index is 12.8. The summed E-state index contributed by atoms with van der Waals surface area (Å²) in [7, 11) is 4.51. The number of nitrogens with one attached hydrogen (secondary N) is 1. The van der Waals surface area contributed by atoms with Crippen LogP contribution in [-0.4, -0.2) is 34.6 Å². The van der Waals surface area contributed by atoms with Crippen LogP contribution in [0.3, 0.4) is 0 Å². The van der Waals surface area contributed by atoms with Crippen molar-refractivity contribution in [1.29, 1.82) is 0 Å². The van der Waals surface area contributed by atoms with Crippen LogP contribution >= 0.6 is 11.3 Å². The SMILES string of the molecule is C[N+](C)(Cc1nc2scc(-c3ccccc3)c2c(=O)[nH]1)C1CCCC1. The van der Waals surface area contributed by atoms with Crippen molar-refractivity contribution in [2.75, 3.05) is 14.1 Å². The summed E-state index contributed by atoms with van der Waals surface area (Å²) in [6.07, 6.45) is 5.19. The van der Waals surface area contributed by atoms with E-state index >= 15 is 0 Å². The van der Waals surface area contributed by atoms with Gasteiger partial charge >= 0.3 is 0 Å². The lowest BCUT2D eigenvalue weighted by Crippen LogP contribution is -2.47. The number of aromatic nitrogens is 2. The maximum atomic E-state index is 12.8. The van der Waals surface area contributed by atoms with Gasteiger partial charge in [0.1, 0.15) is 11.4 Å². The molecule has 3 aromatic rings. The number of quaternary nitrogens is 1. The topological polar surface area (TPSA) is 45.8 Å². The third-order valence-electron chi connectivity index (χ3n) is 5.45. The molecule has 2 aromatic heterocycles. The molecule has 1 aliphatic rings. The first-order valence-electron chi connectivity index (χ1n) is 8.93. The van der Waals surface area contributed by atoms with Crippen LogP contribution in [0.5, 0.6) is 0 Å². The highest BCUT2D eigenvalue weighted by molar-refractivity contribution is 7.17. The van der Waals surface area contributed by atoms with Crippen LogP contribution in [0.2, 0.25) is 0 Å². The molecule has 0 spiro atoms. The van der Waals surface area contributed by atoms with Crippen molar-refractivity contribution < 1.29 is 4.48 Å². The van der Waals surface area contributed by atoms with Crippen molar-refractivity contribution in [2.24, 2.45) is 0 Å². The molecule has 4 rings (SSSR count). The zero-order chi connectivity index (χ0) is 17.4. The molecule has 0 unspecified atom stereocenters. The zero-order valence-electron chi connectivity index (χ0n) is 14.8. The van der Waals surface area contributed by atoms with Gasteiger partial charge in [0.15, 0.2) is 5.82 Å². The summed E-state index contributed by atoms with van der Waals surface area (Å²) in [4.78, 5) is 21.4. The van der Waals surface area contributed by atoms with Gasteiger partial charge in [0.2, 0.25) is 0 Å². The van der Waals surface area contributed by atoms with Gasteiger partial charge in [0.25, 0.3) is 5.56 Å². The van der Waals surface area contributed by atoms with Gasteiger partial charge < -0.3 is 9.47 Å². The van der Waals surface area contributed by atoms with Gasteiger partial charge in [-0.3, -0.25) is 4.79 Å². The molecule has 0 bridgehead atoms. The molecule has 130 valence electrons. The van der Waals surface area contributed by atoms with Crippen molar-refractivity contribution in [3.8, 4) is 11.1 Å². The van der Waals surface area contributed by atoms with Gasteiger partial charge in [-0.25, -0.2) is 4.98 Å². The summed E-state index contributed by atoms with van der Waals surface area (Å²) >= 11 is 1.56. The average Bonchev–Trinajstić information content (AvgIpc) is 3.25. The van der Waals surface area contributed by atoms with Crippen LogP contribution in [0, 0.1) is 0 Å². The van der Waals surface area contributed by atoms with Crippen molar-refractivity contribution in [2.45, 2.75) is 38.3 Å². The van der Waals surface area contributed by atoms with Crippen molar-refractivity contribution >= 4 is 21.6 Å². The first kappa shape index (κ1) is 16.5. The van der Waals surface area contributed by atoms with E-state index in [1.807, 2.05) is 35.7 Å². The second-order valence-electron chi connectivity index (χ2n) is 7.58. The Hall–Kier alpha value is -1.98. The molecule has 1 fully saturated rings. The van der Waals surface area contributed by atoms with Gasteiger partial charge in [-0.15, -0.1) is 11.3 Å². The molecule has 1 aromatic carbocycles. The van der Waals surface area contributed by atoms with E-state index in [1.165, 1.54) is 25.7 Å². The maximum Gasteiger partial charge on any atom is 0.260 e. The minimum absolute atomic E-state index is 0.0217. The molecular formula is C20H24N3OS+. The standard InChI is InChI=1S/C20H23N3OS/c1-23(2,15-10-6-7-11-15)12-17-21-19(24)18-16(13-25-20(18)22-17)14-8-4-3-5-9-14/h3-5,8-9,13,15H,6-7,10-12H2,1-2H3/p+1. The number of hydrogen-bond acceptors (Lipinski definition) is 3. The Balaban J connectivity index is 1.70. The summed E-state index contributed by atoms with van der Waals surface area (Å²) in [5.41, 5.74) is 2.02. The van der Waals surface area contributed by atoms with E-state index in [2.05, 4.69) is 19.1 Å². The number of nitrogens with zero attached hydrogens (tertiary/aromatic N) is 2. The Morgan fingerprint density at radius 2 is 1.92 bits per heavy atom. The van der Waals surface area contributed by atoms with E-state index < -0.39 is 0 Å². The van der Waals surface area contributed by atoms with Gasteiger partial charge in [-0.2, -0.15) is 0 Å². The van der Waals surface area contributed by atoms with Crippen LogP contribution in [0.4, 0.5) is 0 Å². The summed E-state index contributed by atoms with van der Waals surface area (Å²) in [6.45, 7) is 0.772. The molecule has 0 atom stereocenters. The lowest BCUT2D eigenvalue weighted by molar-refractivity contribution is -0.927. The number of H-pyrrole nitrogens is 1. The number of rotatable bonds is 4. The monoisotopic (exact) mass is 354 g/mol. The fraction of sp³-hybridized carbons (Fsp3) is 0.400. The van der Waals surface area contributed by atoms with Gasteiger partial charge in [-0.05, 0) is 31.2 Å². The Morgan fingerprint density at radius 3 is 2.64 bits per heavy atom. The number of aromatic amines is 1. The predicted octanol–water partition coefficient (Wildman–Crippen LogP) is 4.17. The first-order chi connectivity index (χ1) is 12.0. The van der Waals surface area contributed by atoms with Gasteiger partial charge in [0, 0.05) is 10.9 Å². The van der Waals surface area contributed by atoms with Crippen molar-refractivity contribution in [3.05, 3.63) is 51.9 Å². The smallest absolute Gasteiger partial charge is 0.260 e. The minimum atomic E-state index is -0.0217. The molecule has 5 heteroatoms. The Labute approximate surface area is 151 Å². The molecule has 1 N–H and O–H groups in total. The molecule has 4 nitrogen and oxygen atoms in total. The zero-order valence-corrected chi connectivity index (χ0v) is 15.6. The number of hydrogen-bond donors (Lipinski definition) is 1. The summed E-state index contributed by atoms with van der Waals surface area (Å²) in [5, 5.41) is 2.76. The summed E-state index contributed by atoms with van der Waals surface area (Å²) in [6, 6.07) is 10.7. The molecule has 0 radical (unpaired) electrons. The van der Waals surface area contributed by atoms with E-state index in [4.69, 9.17) is 4.98 Å². The van der Waals surface area contributed by atoms with Crippen LogP contribution in [0.1, 0.15) is 31.5 Å². The Morgan fingerprint density at radius 1 is 1.20 bits per heavy atom. The molecule has 0 amide bonds. The van der Waals surface area contributed by atoms with E-state index in [0.717, 1.165) is 32.8 Å². The number of benzene rings is 1. The minimum Gasteiger partial charge on any atom is -0.320 e. The molecule has 0 saturated heterocycles. The number of thiophene rings is 1. The average molecular weight is 354 g/mol. The second kappa shape index (κ2) is 6.39. The highest BCUT2D eigenvalue weighted by atomic mass is 32.1. The van der Waals surface area contributed by atoms with Crippen LogP contribution < -0.4 is 5.56 Å². The molecule has 0 aliphatic heterocycles. The molecule has 1 saturated carbocycles. The van der Waals surface area contributed by atoms with Gasteiger partial charge in [-0.1, -0.05) is 30.3 Å². The molecule has 25 heavy (non-hydrogen) atoms. The fourth-order valence-electron chi connectivity index (χ4n) is 4.02.